The molecule has 0 N–H and O–H groups in total. The minimum absolute atomic E-state index is 0.305. The van der Waals surface area contributed by atoms with Crippen LogP contribution in [0.25, 0.3) is 0 Å². The molecule has 1 nitrogen and oxygen atoms in total. The summed E-state index contributed by atoms with van der Waals surface area (Å²) in [7, 11) is 16.8. The van der Waals surface area contributed by atoms with Crippen LogP contribution in [-0.4, -0.2) is 28.2 Å². The van der Waals surface area contributed by atoms with Gasteiger partial charge in [0, 0.05) is 13.2 Å². The zero-order valence-electron chi connectivity index (χ0n) is 7.45. The van der Waals surface area contributed by atoms with Gasteiger partial charge in [0.1, 0.15) is 0 Å². The fourth-order valence-electron chi connectivity index (χ4n) is 0.510. The van der Waals surface area contributed by atoms with Gasteiger partial charge in [-0.15, -0.1) is 0 Å². The molecule has 5 heteroatoms. The van der Waals surface area contributed by atoms with Crippen LogP contribution in [0.5, 0.6) is 0 Å². The molecule has 0 radical (unpaired) electrons. The molecule has 0 bridgehead atoms. The summed E-state index contributed by atoms with van der Waals surface area (Å²) in [5, 5.41) is 0. The Hall–Kier alpha value is 1.63. The van der Waals surface area contributed by atoms with Gasteiger partial charge in [-0.3, -0.25) is 0 Å². The summed E-state index contributed by atoms with van der Waals surface area (Å²) in [6.07, 6.45) is 2.56. The van der Waals surface area contributed by atoms with Crippen LogP contribution < -0.4 is 0 Å². The van der Waals surface area contributed by atoms with Gasteiger partial charge in [-0.05, 0) is 12.8 Å². The van der Waals surface area contributed by atoms with Crippen LogP contribution in [0.2, 0.25) is 3.93 Å². The predicted molar refractivity (Wildman–Crippen MR) is 58.5 cm³/mol. The molecule has 1 saturated heterocycles. The third-order valence-electron chi connectivity index (χ3n) is 1.48. The van der Waals surface area contributed by atoms with Crippen molar-refractivity contribution < 1.29 is 4.74 Å². The summed E-state index contributed by atoms with van der Waals surface area (Å²) < 4.78 is 5.25. The second-order valence-corrected chi connectivity index (χ2v) is 25.3. The number of ether oxygens (including phenoxy) is 1. The van der Waals surface area contributed by atoms with Crippen LogP contribution in [-0.2, 0) is 4.74 Å². The zero-order chi connectivity index (χ0) is 9.61. The standard InChI is InChI=1S/C4H8O.C3H7.3ClH.Sn/c1-2-4-5-3-1;1-3-2;;;;/h1-4H2;3H,1-2H3;3*1H;/q;;;;;+3/p-3. The summed E-state index contributed by atoms with van der Waals surface area (Å²) in [5.74, 6) is 0. The van der Waals surface area contributed by atoms with Crippen molar-refractivity contribution in [2.45, 2.75) is 30.6 Å². The van der Waals surface area contributed by atoms with Gasteiger partial charge < -0.3 is 4.74 Å². The average Bonchev–Trinajstić information content (AvgIpc) is 2.39. The number of rotatable bonds is 1. The SMILES string of the molecule is C1CCOC1.C[CH](C)[Sn]([Cl])([Cl])[Cl]. The van der Waals surface area contributed by atoms with E-state index in [0.717, 1.165) is 13.2 Å². The molecule has 0 atom stereocenters. The molecule has 1 heterocycles. The van der Waals surface area contributed by atoms with Gasteiger partial charge in [0.2, 0.25) is 0 Å². The Morgan fingerprint density at radius 3 is 1.50 bits per heavy atom. The maximum atomic E-state index is 5.61. The fourth-order valence-corrected chi connectivity index (χ4v) is 0.510. The average molecular weight is 340 g/mol. The fraction of sp³-hybridized carbons (Fsp3) is 1.00. The molecule has 1 rings (SSSR count). The van der Waals surface area contributed by atoms with Crippen molar-refractivity contribution in [3.63, 3.8) is 0 Å². The van der Waals surface area contributed by atoms with Crippen molar-refractivity contribution >= 4 is 41.8 Å². The number of hydrogen-bond donors (Lipinski definition) is 0. The summed E-state index contributed by atoms with van der Waals surface area (Å²) in [6, 6.07) is 0. The van der Waals surface area contributed by atoms with Crippen LogP contribution in [0, 0.1) is 0 Å². The zero-order valence-corrected chi connectivity index (χ0v) is 12.6. The Bertz CT molecular complexity index is 102. The molecule has 0 aliphatic carbocycles. The van der Waals surface area contributed by atoms with Gasteiger partial charge in [0.15, 0.2) is 0 Å². The van der Waals surface area contributed by atoms with E-state index in [4.69, 9.17) is 31.5 Å². The predicted octanol–water partition coefficient (Wildman–Crippen LogP) is 3.85. The summed E-state index contributed by atoms with van der Waals surface area (Å²) in [5.41, 5.74) is 0. The van der Waals surface area contributed by atoms with E-state index in [0.29, 0.717) is 3.93 Å². The molecule has 0 aromatic heterocycles. The van der Waals surface area contributed by atoms with Crippen molar-refractivity contribution in [3.05, 3.63) is 0 Å². The molecule has 12 heavy (non-hydrogen) atoms. The van der Waals surface area contributed by atoms with E-state index in [1.54, 1.807) is 0 Å². The van der Waals surface area contributed by atoms with Crippen LogP contribution >= 0.6 is 26.8 Å². The molecule has 0 aromatic carbocycles. The van der Waals surface area contributed by atoms with Gasteiger partial charge in [0.05, 0.1) is 0 Å². The Balaban J connectivity index is 0.000000211. The van der Waals surface area contributed by atoms with E-state index in [1.165, 1.54) is 12.8 Å². The first-order chi connectivity index (χ1) is 5.44. The summed E-state index contributed by atoms with van der Waals surface area (Å²) in [4.78, 5) is 0. The first-order valence-corrected chi connectivity index (χ1v) is 16.6. The number of halogens is 3. The molecule has 0 amide bonds. The van der Waals surface area contributed by atoms with Crippen molar-refractivity contribution in [1.29, 1.82) is 0 Å². The van der Waals surface area contributed by atoms with Crippen molar-refractivity contribution in [1.82, 2.24) is 0 Å². The van der Waals surface area contributed by atoms with Crippen molar-refractivity contribution in [2.24, 2.45) is 0 Å². The first kappa shape index (κ1) is 13.6. The molecule has 0 unspecified atom stereocenters. The van der Waals surface area contributed by atoms with E-state index in [9.17, 15) is 0 Å². The molecule has 0 saturated carbocycles. The summed E-state index contributed by atoms with van der Waals surface area (Å²) >= 11 is -2.95. The van der Waals surface area contributed by atoms with Gasteiger partial charge in [-0.1, -0.05) is 0 Å². The Morgan fingerprint density at radius 1 is 1.08 bits per heavy atom. The molecule has 0 aromatic rings. The third kappa shape index (κ3) is 8.24. The minimum atomic E-state index is -2.95. The Labute approximate surface area is 89.7 Å². The molecule has 0 spiro atoms. The molecular formula is C7H15Cl3OSn. The number of hydrogen-bond acceptors (Lipinski definition) is 1. The van der Waals surface area contributed by atoms with Crippen LogP contribution in [0.4, 0.5) is 0 Å². The second kappa shape index (κ2) is 6.99. The molecule has 74 valence electrons. The summed E-state index contributed by atoms with van der Waals surface area (Å²) in [6.45, 7) is 5.90. The maximum absolute atomic E-state index is 5.61. The second-order valence-electron chi connectivity index (χ2n) is 3.02. The molecule has 1 fully saturated rings. The van der Waals surface area contributed by atoms with E-state index in [1.807, 2.05) is 13.8 Å². The van der Waals surface area contributed by atoms with Crippen LogP contribution in [0.15, 0.2) is 0 Å². The first-order valence-electron chi connectivity index (χ1n) is 4.09. The quantitative estimate of drug-likeness (QED) is 0.659. The Kier molecular flexibility index (Phi) is 7.94. The van der Waals surface area contributed by atoms with Crippen LogP contribution in [0.3, 0.4) is 0 Å². The molecule has 1 aliphatic rings. The monoisotopic (exact) mass is 340 g/mol. The van der Waals surface area contributed by atoms with Crippen molar-refractivity contribution in [3.8, 4) is 0 Å². The van der Waals surface area contributed by atoms with E-state index >= 15 is 0 Å². The van der Waals surface area contributed by atoms with E-state index in [2.05, 4.69) is 0 Å². The topological polar surface area (TPSA) is 9.23 Å². The van der Waals surface area contributed by atoms with Gasteiger partial charge in [0.25, 0.3) is 0 Å². The van der Waals surface area contributed by atoms with Crippen molar-refractivity contribution in [2.75, 3.05) is 13.2 Å². The normalized spacial score (nSPS) is 17.5. The Morgan fingerprint density at radius 2 is 1.42 bits per heavy atom. The molecule has 1 aliphatic heterocycles. The van der Waals surface area contributed by atoms with E-state index < -0.39 is 15.0 Å². The van der Waals surface area contributed by atoms with Gasteiger partial charge in [-0.2, -0.15) is 0 Å². The van der Waals surface area contributed by atoms with Gasteiger partial charge >= 0.3 is 59.5 Å². The molecular weight excluding hydrogens is 325 g/mol. The van der Waals surface area contributed by atoms with Gasteiger partial charge in [-0.25, -0.2) is 0 Å². The third-order valence-corrected chi connectivity index (χ3v) is 14.0. The van der Waals surface area contributed by atoms with Crippen LogP contribution in [0.1, 0.15) is 26.7 Å². The van der Waals surface area contributed by atoms with E-state index in [-0.39, 0.29) is 0 Å².